The molecule has 1 unspecified atom stereocenters. The molecule has 0 aliphatic heterocycles. The van der Waals surface area contributed by atoms with Gasteiger partial charge in [0.25, 0.3) is 0 Å². The predicted molar refractivity (Wildman–Crippen MR) is 57.5 cm³/mol. The molecule has 2 aliphatic carbocycles. The Kier molecular flexibility index (Phi) is 2.22. The van der Waals surface area contributed by atoms with Gasteiger partial charge in [-0.1, -0.05) is 54.0 Å². The van der Waals surface area contributed by atoms with Crippen LogP contribution in [-0.2, 0) is 0 Å². The predicted octanol–water partition coefficient (Wildman–Crippen LogP) is 3.79. The Morgan fingerprint density at radius 2 is 2.15 bits per heavy atom. The second-order valence-corrected chi connectivity index (χ2v) is 3.81. The van der Waals surface area contributed by atoms with Crippen LogP contribution in [0, 0.1) is 5.92 Å². The Morgan fingerprint density at radius 1 is 1.31 bits per heavy atom. The molecule has 0 saturated heterocycles. The van der Waals surface area contributed by atoms with Crippen LogP contribution < -0.4 is 0 Å². The monoisotopic (exact) mass is 172 g/mol. The molecular weight excluding hydrogens is 156 g/mol. The van der Waals surface area contributed by atoms with Crippen molar-refractivity contribution in [3.63, 3.8) is 0 Å². The first-order chi connectivity index (χ1) is 6.33. The van der Waals surface area contributed by atoms with E-state index in [0.29, 0.717) is 5.92 Å². The highest BCUT2D eigenvalue weighted by Crippen LogP contribution is 2.39. The molecule has 0 bridgehead atoms. The number of hydrogen-bond acceptors (Lipinski definition) is 0. The second-order valence-electron chi connectivity index (χ2n) is 3.81. The fraction of sp³-hybridized carbons (Fsp3) is 0.385. The molecule has 13 heavy (non-hydrogen) atoms. The van der Waals surface area contributed by atoms with Gasteiger partial charge in [-0.3, -0.25) is 0 Å². The third-order valence-corrected chi connectivity index (χ3v) is 3.10. The fourth-order valence-corrected chi connectivity index (χ4v) is 2.25. The maximum Gasteiger partial charge on any atom is 0.0196 e. The van der Waals surface area contributed by atoms with Crippen molar-refractivity contribution in [2.24, 2.45) is 5.92 Å². The van der Waals surface area contributed by atoms with Crippen LogP contribution in [0.25, 0.3) is 0 Å². The van der Waals surface area contributed by atoms with E-state index in [1.165, 1.54) is 12.8 Å². The van der Waals surface area contributed by atoms with E-state index in [1.54, 1.807) is 16.7 Å². The lowest BCUT2D eigenvalue weighted by Gasteiger charge is -2.07. The summed E-state index contributed by atoms with van der Waals surface area (Å²) in [5.41, 5.74) is 4.78. The van der Waals surface area contributed by atoms with Crippen LogP contribution >= 0.6 is 0 Å². The molecule has 0 spiro atoms. The summed E-state index contributed by atoms with van der Waals surface area (Å²) in [6.45, 7) is 4.53. The van der Waals surface area contributed by atoms with Crippen molar-refractivity contribution < 1.29 is 0 Å². The Balaban J connectivity index is 2.35. The van der Waals surface area contributed by atoms with Gasteiger partial charge in [-0.15, -0.1) is 0 Å². The molecule has 0 heterocycles. The molecule has 0 N–H and O–H groups in total. The van der Waals surface area contributed by atoms with Crippen LogP contribution in [0.2, 0.25) is 0 Å². The maximum absolute atomic E-state index is 2.31. The van der Waals surface area contributed by atoms with Gasteiger partial charge < -0.3 is 0 Å². The van der Waals surface area contributed by atoms with E-state index >= 15 is 0 Å². The van der Waals surface area contributed by atoms with Crippen molar-refractivity contribution in [3.8, 4) is 0 Å². The molecule has 68 valence electrons. The average Bonchev–Trinajstić information content (AvgIpc) is 2.37. The highest BCUT2D eigenvalue weighted by atomic mass is 14.3. The molecule has 0 amide bonds. The van der Waals surface area contributed by atoms with Crippen molar-refractivity contribution >= 4 is 0 Å². The Hall–Kier alpha value is -1.04. The summed E-state index contributed by atoms with van der Waals surface area (Å²) in [4.78, 5) is 0. The summed E-state index contributed by atoms with van der Waals surface area (Å²) >= 11 is 0. The smallest absolute Gasteiger partial charge is 0.0196 e. The van der Waals surface area contributed by atoms with Crippen molar-refractivity contribution in [2.45, 2.75) is 26.7 Å². The van der Waals surface area contributed by atoms with E-state index in [0.717, 1.165) is 0 Å². The fourth-order valence-electron chi connectivity index (χ4n) is 2.25. The summed E-state index contributed by atoms with van der Waals surface area (Å²) in [7, 11) is 0. The Bertz CT molecular complexity index is 324. The average molecular weight is 172 g/mol. The molecule has 0 nitrogen and oxygen atoms in total. The van der Waals surface area contributed by atoms with Gasteiger partial charge in [-0.25, -0.2) is 0 Å². The minimum Gasteiger partial charge on any atom is -0.0733 e. The van der Waals surface area contributed by atoms with Crippen molar-refractivity contribution in [1.29, 1.82) is 0 Å². The van der Waals surface area contributed by atoms with Gasteiger partial charge in [0.05, 0.1) is 0 Å². The summed E-state index contributed by atoms with van der Waals surface area (Å²) < 4.78 is 0. The van der Waals surface area contributed by atoms with Crippen LogP contribution in [0.15, 0.2) is 47.1 Å². The van der Waals surface area contributed by atoms with Crippen LogP contribution in [-0.4, -0.2) is 0 Å². The van der Waals surface area contributed by atoms with Crippen molar-refractivity contribution in [1.82, 2.24) is 0 Å². The zero-order valence-corrected chi connectivity index (χ0v) is 8.38. The molecule has 0 aromatic carbocycles. The first kappa shape index (κ1) is 8.55. The van der Waals surface area contributed by atoms with E-state index in [4.69, 9.17) is 0 Å². The zero-order valence-electron chi connectivity index (χ0n) is 8.38. The quantitative estimate of drug-likeness (QED) is 0.528. The Labute approximate surface area is 80.3 Å². The molecule has 2 aliphatic rings. The lowest BCUT2D eigenvalue weighted by Crippen LogP contribution is -1.94. The topological polar surface area (TPSA) is 0 Å². The van der Waals surface area contributed by atoms with Gasteiger partial charge in [0.1, 0.15) is 0 Å². The number of hydrogen-bond donors (Lipinski definition) is 0. The first-order valence-electron chi connectivity index (χ1n) is 5.05. The van der Waals surface area contributed by atoms with E-state index < -0.39 is 0 Å². The molecule has 0 heteroatoms. The largest absolute Gasteiger partial charge is 0.0733 e. The standard InChI is InChI=1S/C13H16/c1-3-11-9-12-7-5-4-6-8-13(12)10(11)2/h4-8,13H,3,9H2,1-2H3. The number of fused-ring (bicyclic) bond motifs is 1. The molecular formula is C13H16. The third-order valence-electron chi connectivity index (χ3n) is 3.10. The van der Waals surface area contributed by atoms with Gasteiger partial charge in [-0.05, 0) is 19.8 Å². The van der Waals surface area contributed by atoms with Crippen molar-refractivity contribution in [3.05, 3.63) is 47.1 Å². The van der Waals surface area contributed by atoms with Crippen LogP contribution in [0.1, 0.15) is 26.7 Å². The van der Waals surface area contributed by atoms with E-state index in [9.17, 15) is 0 Å². The molecule has 0 aromatic rings. The normalized spacial score (nSPS) is 26.0. The second kappa shape index (κ2) is 3.37. The molecule has 0 saturated carbocycles. The lowest BCUT2D eigenvalue weighted by atomic mass is 9.98. The maximum atomic E-state index is 2.31. The van der Waals surface area contributed by atoms with E-state index in [-0.39, 0.29) is 0 Å². The van der Waals surface area contributed by atoms with Crippen LogP contribution in [0.4, 0.5) is 0 Å². The third kappa shape index (κ3) is 1.41. The highest BCUT2D eigenvalue weighted by Gasteiger charge is 2.23. The lowest BCUT2D eigenvalue weighted by molar-refractivity contribution is 0.925. The SMILES string of the molecule is CCC1=C(C)C2C=CC=CC=C2C1. The minimum absolute atomic E-state index is 0.602. The highest BCUT2D eigenvalue weighted by molar-refractivity contribution is 5.43. The van der Waals surface area contributed by atoms with Gasteiger partial charge in [0.15, 0.2) is 0 Å². The van der Waals surface area contributed by atoms with Gasteiger partial charge in [-0.2, -0.15) is 0 Å². The Morgan fingerprint density at radius 3 is 2.92 bits per heavy atom. The van der Waals surface area contributed by atoms with E-state index in [2.05, 4.69) is 44.2 Å². The summed E-state index contributed by atoms with van der Waals surface area (Å²) in [6, 6.07) is 0. The molecule has 0 radical (unpaired) electrons. The van der Waals surface area contributed by atoms with Crippen LogP contribution in [0.5, 0.6) is 0 Å². The molecule has 0 fully saturated rings. The summed E-state index contributed by atoms with van der Waals surface area (Å²) in [5, 5.41) is 0. The number of rotatable bonds is 1. The first-order valence-corrected chi connectivity index (χ1v) is 5.05. The van der Waals surface area contributed by atoms with E-state index in [1.807, 2.05) is 0 Å². The molecule has 0 aromatic heterocycles. The summed E-state index contributed by atoms with van der Waals surface area (Å²) in [6.07, 6.45) is 13.4. The minimum atomic E-state index is 0.602. The van der Waals surface area contributed by atoms with Gasteiger partial charge >= 0.3 is 0 Å². The number of allylic oxidation sites excluding steroid dienone is 8. The van der Waals surface area contributed by atoms with Crippen LogP contribution in [0.3, 0.4) is 0 Å². The molecule has 1 atom stereocenters. The molecule has 2 rings (SSSR count). The van der Waals surface area contributed by atoms with Gasteiger partial charge in [0, 0.05) is 5.92 Å². The zero-order chi connectivity index (χ0) is 9.26. The van der Waals surface area contributed by atoms with Gasteiger partial charge in [0.2, 0.25) is 0 Å². The summed E-state index contributed by atoms with van der Waals surface area (Å²) in [5.74, 6) is 0.602. The van der Waals surface area contributed by atoms with Crippen molar-refractivity contribution in [2.75, 3.05) is 0 Å².